The van der Waals surface area contributed by atoms with Gasteiger partial charge in [0.05, 0.1) is 6.54 Å². The molecule has 124 valence electrons. The number of aryl methyl sites for hydroxylation is 1. The summed E-state index contributed by atoms with van der Waals surface area (Å²) in [5, 5.41) is 2.95. The lowest BCUT2D eigenvalue weighted by Gasteiger charge is -2.24. The number of benzene rings is 1. The molecule has 0 bridgehead atoms. The number of nitrogens with one attached hydrogen (secondary N) is 1. The molecule has 0 aromatic heterocycles. The zero-order valence-corrected chi connectivity index (χ0v) is 13.6. The van der Waals surface area contributed by atoms with Gasteiger partial charge in [-0.05, 0) is 31.9 Å². The van der Waals surface area contributed by atoms with Crippen molar-refractivity contribution in [2.24, 2.45) is 0 Å². The minimum Gasteiger partial charge on any atom is -0.492 e. The van der Waals surface area contributed by atoms with Crippen LogP contribution in [0.3, 0.4) is 0 Å². The molecule has 1 aliphatic carbocycles. The number of carbonyl (C=O) groups excluding carboxylic acids is 2. The van der Waals surface area contributed by atoms with E-state index in [1.165, 1.54) is 10.5 Å². The van der Waals surface area contributed by atoms with Crippen molar-refractivity contribution in [1.29, 1.82) is 0 Å². The summed E-state index contributed by atoms with van der Waals surface area (Å²) in [6.45, 7) is 2.63. The topological polar surface area (TPSA) is 58.6 Å². The maximum atomic E-state index is 12.7. The van der Waals surface area contributed by atoms with Crippen LogP contribution in [0.4, 0.5) is 4.79 Å². The molecule has 0 atom stereocenters. The standard InChI is InChI=1S/C18H24N2O3/c1-14-6-8-15(9-7-14)23-13-12-20-16(21)18(19-17(20)22)10-4-2-3-5-11-18/h6-9H,2-5,10-13H2,1H3,(H,19,22). The van der Waals surface area contributed by atoms with E-state index in [2.05, 4.69) is 5.32 Å². The summed E-state index contributed by atoms with van der Waals surface area (Å²) in [4.78, 5) is 26.2. The SMILES string of the molecule is Cc1ccc(OCCN2C(=O)NC3(CCCCCC3)C2=O)cc1. The Hall–Kier alpha value is -2.04. The molecular formula is C18H24N2O3. The second-order valence-electron chi connectivity index (χ2n) is 6.54. The molecule has 2 aliphatic rings. The number of ether oxygens (including phenoxy) is 1. The molecule has 5 nitrogen and oxygen atoms in total. The predicted molar refractivity (Wildman–Crippen MR) is 87.4 cm³/mol. The Kier molecular flexibility index (Phi) is 4.55. The summed E-state index contributed by atoms with van der Waals surface area (Å²) >= 11 is 0. The molecule has 3 rings (SSSR count). The fourth-order valence-corrected chi connectivity index (χ4v) is 3.44. The first-order valence-corrected chi connectivity index (χ1v) is 8.44. The van der Waals surface area contributed by atoms with Gasteiger partial charge in [-0.3, -0.25) is 9.69 Å². The van der Waals surface area contributed by atoms with Gasteiger partial charge in [0.1, 0.15) is 17.9 Å². The number of urea groups is 1. The van der Waals surface area contributed by atoms with Crippen LogP contribution >= 0.6 is 0 Å². The Labute approximate surface area is 137 Å². The summed E-state index contributed by atoms with van der Waals surface area (Å²) in [5.74, 6) is 0.684. The van der Waals surface area contributed by atoms with Gasteiger partial charge in [0.2, 0.25) is 0 Å². The van der Waals surface area contributed by atoms with Gasteiger partial charge in [-0.2, -0.15) is 0 Å². The Bertz CT molecular complexity index is 574. The number of imide groups is 1. The number of amides is 3. The third kappa shape index (κ3) is 3.33. The Morgan fingerprint density at radius 3 is 2.39 bits per heavy atom. The number of hydrogen-bond acceptors (Lipinski definition) is 3. The third-order valence-electron chi connectivity index (χ3n) is 4.81. The first-order valence-electron chi connectivity index (χ1n) is 8.44. The van der Waals surface area contributed by atoms with Gasteiger partial charge < -0.3 is 10.1 Å². The zero-order chi connectivity index (χ0) is 16.3. The predicted octanol–water partition coefficient (Wildman–Crippen LogP) is 3.02. The fraction of sp³-hybridized carbons (Fsp3) is 0.556. The summed E-state index contributed by atoms with van der Waals surface area (Å²) in [6.07, 6.45) is 5.79. The molecule has 3 amide bonds. The lowest BCUT2D eigenvalue weighted by atomic mass is 9.90. The van der Waals surface area contributed by atoms with Crippen molar-refractivity contribution < 1.29 is 14.3 Å². The average Bonchev–Trinajstić information content (AvgIpc) is 2.72. The first kappa shape index (κ1) is 15.8. The van der Waals surface area contributed by atoms with Gasteiger partial charge in [0.25, 0.3) is 5.91 Å². The minimum atomic E-state index is -0.655. The molecule has 2 fully saturated rings. The molecule has 0 unspecified atom stereocenters. The second kappa shape index (κ2) is 6.60. The van der Waals surface area contributed by atoms with Crippen molar-refractivity contribution in [1.82, 2.24) is 10.2 Å². The van der Waals surface area contributed by atoms with Gasteiger partial charge in [-0.25, -0.2) is 4.79 Å². The van der Waals surface area contributed by atoms with Gasteiger partial charge >= 0.3 is 6.03 Å². The Balaban J connectivity index is 1.58. The molecule has 1 saturated heterocycles. The third-order valence-corrected chi connectivity index (χ3v) is 4.81. The fourth-order valence-electron chi connectivity index (χ4n) is 3.44. The largest absolute Gasteiger partial charge is 0.492 e. The molecule has 1 heterocycles. The van der Waals surface area contributed by atoms with Crippen LogP contribution in [-0.4, -0.2) is 35.5 Å². The molecule has 1 aliphatic heterocycles. The maximum Gasteiger partial charge on any atom is 0.325 e. The van der Waals surface area contributed by atoms with Crippen molar-refractivity contribution in [3.05, 3.63) is 29.8 Å². The Morgan fingerprint density at radius 1 is 1.09 bits per heavy atom. The van der Waals surface area contributed by atoms with Crippen molar-refractivity contribution in [2.75, 3.05) is 13.2 Å². The highest BCUT2D eigenvalue weighted by Gasteiger charge is 2.50. The van der Waals surface area contributed by atoms with Crippen LogP contribution in [0.15, 0.2) is 24.3 Å². The molecule has 23 heavy (non-hydrogen) atoms. The van der Waals surface area contributed by atoms with Gasteiger partial charge in [-0.1, -0.05) is 43.4 Å². The monoisotopic (exact) mass is 316 g/mol. The highest BCUT2D eigenvalue weighted by Crippen LogP contribution is 2.32. The lowest BCUT2D eigenvalue weighted by molar-refractivity contribution is -0.132. The quantitative estimate of drug-likeness (QED) is 0.869. The Morgan fingerprint density at radius 2 is 1.74 bits per heavy atom. The second-order valence-corrected chi connectivity index (χ2v) is 6.54. The van der Waals surface area contributed by atoms with Crippen molar-refractivity contribution >= 4 is 11.9 Å². The molecule has 1 aromatic carbocycles. The number of carbonyl (C=O) groups is 2. The number of nitrogens with zero attached hydrogens (tertiary/aromatic N) is 1. The smallest absolute Gasteiger partial charge is 0.325 e. The molecule has 1 aromatic rings. The molecular weight excluding hydrogens is 292 g/mol. The van der Waals surface area contributed by atoms with E-state index in [1.807, 2.05) is 31.2 Å². The van der Waals surface area contributed by atoms with E-state index < -0.39 is 5.54 Å². The van der Waals surface area contributed by atoms with E-state index in [4.69, 9.17) is 4.74 Å². The van der Waals surface area contributed by atoms with E-state index in [-0.39, 0.29) is 11.9 Å². The first-order chi connectivity index (χ1) is 11.1. The van der Waals surface area contributed by atoms with Crippen LogP contribution in [0.5, 0.6) is 5.75 Å². The number of rotatable bonds is 4. The van der Waals surface area contributed by atoms with Gasteiger partial charge in [0.15, 0.2) is 0 Å². The molecule has 1 saturated carbocycles. The maximum absolute atomic E-state index is 12.7. The van der Waals surface area contributed by atoms with E-state index in [9.17, 15) is 9.59 Å². The average molecular weight is 316 g/mol. The van der Waals surface area contributed by atoms with Gasteiger partial charge in [-0.15, -0.1) is 0 Å². The molecule has 1 N–H and O–H groups in total. The van der Waals surface area contributed by atoms with Crippen molar-refractivity contribution in [3.8, 4) is 5.75 Å². The van der Waals surface area contributed by atoms with Crippen molar-refractivity contribution in [3.63, 3.8) is 0 Å². The van der Waals surface area contributed by atoms with Crippen LogP contribution in [0.25, 0.3) is 0 Å². The molecule has 5 heteroatoms. The van der Waals surface area contributed by atoms with Crippen LogP contribution < -0.4 is 10.1 Å². The normalized spacial score (nSPS) is 20.5. The van der Waals surface area contributed by atoms with E-state index in [0.29, 0.717) is 13.2 Å². The van der Waals surface area contributed by atoms with Crippen LogP contribution in [0, 0.1) is 6.92 Å². The summed E-state index contributed by atoms with van der Waals surface area (Å²) in [5.41, 5.74) is 0.513. The molecule has 0 radical (unpaired) electrons. The molecule has 1 spiro atoms. The van der Waals surface area contributed by atoms with Crippen molar-refractivity contribution in [2.45, 2.75) is 51.0 Å². The minimum absolute atomic E-state index is 0.0723. The summed E-state index contributed by atoms with van der Waals surface area (Å²) in [6, 6.07) is 7.47. The summed E-state index contributed by atoms with van der Waals surface area (Å²) in [7, 11) is 0. The summed E-state index contributed by atoms with van der Waals surface area (Å²) < 4.78 is 5.65. The highest BCUT2D eigenvalue weighted by atomic mass is 16.5. The van der Waals surface area contributed by atoms with Crippen LogP contribution in [0.1, 0.15) is 44.1 Å². The van der Waals surface area contributed by atoms with Gasteiger partial charge in [0, 0.05) is 0 Å². The highest BCUT2D eigenvalue weighted by molar-refractivity contribution is 6.07. The zero-order valence-electron chi connectivity index (χ0n) is 13.6. The van der Waals surface area contributed by atoms with E-state index >= 15 is 0 Å². The van der Waals surface area contributed by atoms with Crippen LogP contribution in [-0.2, 0) is 4.79 Å². The number of hydrogen-bond donors (Lipinski definition) is 1. The van der Waals surface area contributed by atoms with E-state index in [1.54, 1.807) is 0 Å². The van der Waals surface area contributed by atoms with Crippen LogP contribution in [0.2, 0.25) is 0 Å². The van der Waals surface area contributed by atoms with E-state index in [0.717, 1.165) is 44.3 Å². The lowest BCUT2D eigenvalue weighted by Crippen LogP contribution is -2.46.